The van der Waals surface area contributed by atoms with E-state index < -0.39 is 0 Å². The fourth-order valence-electron chi connectivity index (χ4n) is 2.19. The van der Waals surface area contributed by atoms with Gasteiger partial charge in [0.25, 0.3) is 0 Å². The zero-order valence-electron chi connectivity index (χ0n) is 11.2. The topological polar surface area (TPSA) is 24.5 Å². The fraction of sp³-hybridized carbons (Fsp3) is 1.00. The van der Waals surface area contributed by atoms with Gasteiger partial charge in [-0.25, -0.2) is 0 Å². The number of hydrogen-bond donors (Lipinski definition) is 1. The van der Waals surface area contributed by atoms with Gasteiger partial charge in [-0.1, -0.05) is 20.8 Å². The Bertz CT molecular complexity index is 171. The molecule has 1 saturated heterocycles. The Morgan fingerprint density at radius 3 is 2.94 bits per heavy atom. The maximum atomic E-state index is 5.79. The summed E-state index contributed by atoms with van der Waals surface area (Å²) in [5.41, 5.74) is 0. The first kappa shape index (κ1) is 13.9. The first-order valence-electron chi connectivity index (χ1n) is 6.79. The fourth-order valence-corrected chi connectivity index (χ4v) is 2.19. The van der Waals surface area contributed by atoms with Gasteiger partial charge < -0.3 is 10.1 Å². The van der Waals surface area contributed by atoms with Gasteiger partial charge in [-0.05, 0) is 32.4 Å². The van der Waals surface area contributed by atoms with Crippen molar-refractivity contribution in [2.45, 2.75) is 52.2 Å². The quantitative estimate of drug-likeness (QED) is 0.673. The Kier molecular flexibility index (Phi) is 7.01. The molecule has 1 atom stereocenters. The van der Waals surface area contributed by atoms with Crippen LogP contribution in [0.2, 0.25) is 0 Å². The van der Waals surface area contributed by atoms with Gasteiger partial charge in [0, 0.05) is 19.1 Å². The molecular weight excluding hydrogens is 200 g/mol. The lowest BCUT2D eigenvalue weighted by Gasteiger charge is -2.32. The van der Waals surface area contributed by atoms with Crippen molar-refractivity contribution in [1.82, 2.24) is 10.2 Å². The lowest BCUT2D eigenvalue weighted by Crippen LogP contribution is -2.42. The second-order valence-electron chi connectivity index (χ2n) is 5.04. The highest BCUT2D eigenvalue weighted by Crippen LogP contribution is 2.10. The Morgan fingerprint density at radius 1 is 1.44 bits per heavy atom. The molecule has 3 heteroatoms. The number of rotatable bonds is 7. The minimum atomic E-state index is 0.467. The SMILES string of the molecule is CCCN1CCO[C@H](CCCNC(C)C)C1. The monoisotopic (exact) mass is 228 g/mol. The van der Waals surface area contributed by atoms with Gasteiger partial charge in [0.05, 0.1) is 12.7 Å². The predicted molar refractivity (Wildman–Crippen MR) is 68.8 cm³/mol. The second-order valence-corrected chi connectivity index (χ2v) is 5.04. The zero-order valence-corrected chi connectivity index (χ0v) is 11.2. The molecule has 0 radical (unpaired) electrons. The molecule has 1 N–H and O–H groups in total. The van der Waals surface area contributed by atoms with Gasteiger partial charge in [0.1, 0.15) is 0 Å². The van der Waals surface area contributed by atoms with Gasteiger partial charge in [-0.15, -0.1) is 0 Å². The van der Waals surface area contributed by atoms with Crippen molar-refractivity contribution >= 4 is 0 Å². The Hall–Kier alpha value is -0.120. The first-order chi connectivity index (χ1) is 7.72. The summed E-state index contributed by atoms with van der Waals surface area (Å²) in [6, 6.07) is 0.601. The van der Waals surface area contributed by atoms with E-state index in [4.69, 9.17) is 4.74 Å². The average molecular weight is 228 g/mol. The van der Waals surface area contributed by atoms with E-state index in [0.717, 1.165) is 26.2 Å². The molecule has 0 aromatic carbocycles. The van der Waals surface area contributed by atoms with E-state index in [1.165, 1.54) is 25.8 Å². The molecule has 16 heavy (non-hydrogen) atoms. The highest BCUT2D eigenvalue weighted by Gasteiger charge is 2.18. The molecule has 0 aromatic rings. The molecule has 1 fully saturated rings. The maximum Gasteiger partial charge on any atom is 0.0703 e. The van der Waals surface area contributed by atoms with Crippen LogP contribution in [-0.2, 0) is 4.74 Å². The molecule has 96 valence electrons. The molecule has 0 amide bonds. The first-order valence-corrected chi connectivity index (χ1v) is 6.79. The van der Waals surface area contributed by atoms with Crippen LogP contribution >= 0.6 is 0 Å². The molecule has 0 aromatic heterocycles. The molecule has 0 saturated carbocycles. The summed E-state index contributed by atoms with van der Waals surface area (Å²) in [5.74, 6) is 0. The standard InChI is InChI=1S/C13H28N2O/c1-4-8-15-9-10-16-13(11-15)6-5-7-14-12(2)3/h12-14H,4-11H2,1-3H3/t13-/m1/s1. The highest BCUT2D eigenvalue weighted by atomic mass is 16.5. The van der Waals surface area contributed by atoms with Crippen LogP contribution in [-0.4, -0.2) is 49.8 Å². The molecule has 1 rings (SSSR count). The van der Waals surface area contributed by atoms with Crippen molar-refractivity contribution in [2.24, 2.45) is 0 Å². The van der Waals surface area contributed by atoms with E-state index in [0.29, 0.717) is 12.1 Å². The summed E-state index contributed by atoms with van der Waals surface area (Å²) >= 11 is 0. The summed E-state index contributed by atoms with van der Waals surface area (Å²) in [7, 11) is 0. The van der Waals surface area contributed by atoms with Crippen LogP contribution in [0.3, 0.4) is 0 Å². The molecular formula is C13H28N2O. The number of nitrogens with zero attached hydrogens (tertiary/aromatic N) is 1. The summed E-state index contributed by atoms with van der Waals surface area (Å²) < 4.78 is 5.79. The van der Waals surface area contributed by atoms with Crippen LogP contribution in [0.5, 0.6) is 0 Å². The van der Waals surface area contributed by atoms with Gasteiger partial charge in [-0.2, -0.15) is 0 Å². The predicted octanol–water partition coefficient (Wildman–Crippen LogP) is 1.88. The lowest BCUT2D eigenvalue weighted by molar-refractivity contribution is -0.0325. The second kappa shape index (κ2) is 8.04. The van der Waals surface area contributed by atoms with Gasteiger partial charge in [0.15, 0.2) is 0 Å². The van der Waals surface area contributed by atoms with E-state index in [2.05, 4.69) is 31.0 Å². The number of morpholine rings is 1. The summed E-state index contributed by atoms with van der Waals surface area (Å²) in [4.78, 5) is 2.53. The highest BCUT2D eigenvalue weighted by molar-refractivity contribution is 4.71. The van der Waals surface area contributed by atoms with Crippen molar-refractivity contribution in [3.05, 3.63) is 0 Å². The molecule has 1 heterocycles. The van der Waals surface area contributed by atoms with Crippen LogP contribution in [0.15, 0.2) is 0 Å². The lowest BCUT2D eigenvalue weighted by atomic mass is 10.1. The summed E-state index contributed by atoms with van der Waals surface area (Å²) in [6.45, 7) is 12.2. The Balaban J connectivity index is 2.07. The van der Waals surface area contributed by atoms with Crippen LogP contribution in [0, 0.1) is 0 Å². The number of nitrogens with one attached hydrogen (secondary N) is 1. The smallest absolute Gasteiger partial charge is 0.0703 e. The van der Waals surface area contributed by atoms with Crippen LogP contribution in [0.4, 0.5) is 0 Å². The van der Waals surface area contributed by atoms with E-state index >= 15 is 0 Å². The largest absolute Gasteiger partial charge is 0.376 e. The van der Waals surface area contributed by atoms with Crippen molar-refractivity contribution in [3.63, 3.8) is 0 Å². The van der Waals surface area contributed by atoms with Gasteiger partial charge in [-0.3, -0.25) is 4.90 Å². The summed E-state index contributed by atoms with van der Waals surface area (Å²) in [6.07, 6.45) is 4.14. The molecule has 1 aliphatic heterocycles. The molecule has 1 aliphatic rings. The van der Waals surface area contributed by atoms with E-state index in [-0.39, 0.29) is 0 Å². The molecule has 3 nitrogen and oxygen atoms in total. The van der Waals surface area contributed by atoms with E-state index in [1.54, 1.807) is 0 Å². The van der Waals surface area contributed by atoms with Crippen molar-refractivity contribution in [1.29, 1.82) is 0 Å². The number of ether oxygens (including phenoxy) is 1. The van der Waals surface area contributed by atoms with Crippen molar-refractivity contribution in [3.8, 4) is 0 Å². The maximum absolute atomic E-state index is 5.79. The third-order valence-corrected chi connectivity index (χ3v) is 3.02. The van der Waals surface area contributed by atoms with Crippen LogP contribution < -0.4 is 5.32 Å². The Labute approximate surface area is 101 Å². The van der Waals surface area contributed by atoms with E-state index in [9.17, 15) is 0 Å². The third kappa shape index (κ3) is 5.83. The number of hydrogen-bond acceptors (Lipinski definition) is 3. The minimum absolute atomic E-state index is 0.467. The normalized spacial score (nSPS) is 22.9. The molecule has 0 bridgehead atoms. The van der Waals surface area contributed by atoms with Crippen molar-refractivity contribution in [2.75, 3.05) is 32.8 Å². The van der Waals surface area contributed by atoms with Crippen LogP contribution in [0.1, 0.15) is 40.0 Å². The minimum Gasteiger partial charge on any atom is -0.376 e. The Morgan fingerprint density at radius 2 is 2.25 bits per heavy atom. The summed E-state index contributed by atoms with van der Waals surface area (Å²) in [5, 5.41) is 3.45. The van der Waals surface area contributed by atoms with Crippen molar-refractivity contribution < 1.29 is 4.74 Å². The van der Waals surface area contributed by atoms with Crippen LogP contribution in [0.25, 0.3) is 0 Å². The average Bonchev–Trinajstić information content (AvgIpc) is 2.25. The van der Waals surface area contributed by atoms with E-state index in [1.807, 2.05) is 0 Å². The van der Waals surface area contributed by atoms with Gasteiger partial charge >= 0.3 is 0 Å². The van der Waals surface area contributed by atoms with Gasteiger partial charge in [0.2, 0.25) is 0 Å². The molecule has 0 spiro atoms. The molecule has 0 aliphatic carbocycles. The molecule has 0 unspecified atom stereocenters. The zero-order chi connectivity index (χ0) is 11.8. The third-order valence-electron chi connectivity index (χ3n) is 3.02.